The maximum absolute atomic E-state index is 13.2. The Morgan fingerprint density at radius 1 is 1.21 bits per heavy atom. The Labute approximate surface area is 176 Å². The maximum Gasteiger partial charge on any atom is 0.290 e. The van der Waals surface area contributed by atoms with E-state index in [1.54, 1.807) is 30.3 Å². The average Bonchev–Trinajstić information content (AvgIpc) is 3.14. The molecule has 29 heavy (non-hydrogen) atoms. The molecule has 0 spiro atoms. The van der Waals surface area contributed by atoms with E-state index in [4.69, 9.17) is 0 Å². The standard InChI is InChI=1S/C19H13BrFN5O2S/c20-12-2-1-3-14(8-12)22-17(27)10-29-19-24-23-18(28)16-9-15(25-26(16)19)11-4-6-13(21)7-5-11/h1-9H,10H2,(H,22,27)(H,23,28). The number of halogens is 2. The first-order valence-corrected chi connectivity index (χ1v) is 10.2. The van der Waals surface area contributed by atoms with Crippen LogP contribution in [-0.4, -0.2) is 31.5 Å². The van der Waals surface area contributed by atoms with E-state index in [0.29, 0.717) is 22.1 Å². The van der Waals surface area contributed by atoms with Crippen molar-refractivity contribution < 1.29 is 9.18 Å². The van der Waals surface area contributed by atoms with E-state index in [0.717, 1.165) is 16.2 Å². The molecule has 1 amide bonds. The fraction of sp³-hybridized carbons (Fsp3) is 0.0526. The number of aromatic amines is 1. The number of nitrogens with zero attached hydrogens (tertiary/aromatic N) is 3. The molecule has 2 aromatic heterocycles. The highest BCUT2D eigenvalue weighted by Gasteiger charge is 2.14. The molecule has 0 saturated carbocycles. The van der Waals surface area contributed by atoms with Gasteiger partial charge in [0.1, 0.15) is 11.3 Å². The Bertz CT molecular complexity index is 1260. The Kier molecular flexibility index (Phi) is 5.45. The lowest BCUT2D eigenvalue weighted by Crippen LogP contribution is -2.17. The van der Waals surface area contributed by atoms with Gasteiger partial charge in [-0.15, -0.1) is 5.10 Å². The Morgan fingerprint density at radius 2 is 2.00 bits per heavy atom. The van der Waals surface area contributed by atoms with Gasteiger partial charge in [0.15, 0.2) is 0 Å². The molecule has 0 aliphatic carbocycles. The van der Waals surface area contributed by atoms with Crippen LogP contribution in [0, 0.1) is 5.82 Å². The van der Waals surface area contributed by atoms with Crippen LogP contribution >= 0.6 is 27.7 Å². The van der Waals surface area contributed by atoms with Crippen molar-refractivity contribution in [2.24, 2.45) is 0 Å². The summed E-state index contributed by atoms with van der Waals surface area (Å²) in [7, 11) is 0. The highest BCUT2D eigenvalue weighted by molar-refractivity contribution is 9.10. The number of carbonyl (C=O) groups is 1. The van der Waals surface area contributed by atoms with Crippen molar-refractivity contribution in [3.8, 4) is 11.3 Å². The molecule has 0 radical (unpaired) electrons. The SMILES string of the molecule is O=C(CSc1n[nH]c(=O)c2cc(-c3ccc(F)cc3)nn12)Nc1cccc(Br)c1. The van der Waals surface area contributed by atoms with Crippen molar-refractivity contribution in [1.82, 2.24) is 19.8 Å². The number of hydrogen-bond donors (Lipinski definition) is 2. The van der Waals surface area contributed by atoms with E-state index >= 15 is 0 Å². The van der Waals surface area contributed by atoms with Gasteiger partial charge in [0.25, 0.3) is 5.56 Å². The summed E-state index contributed by atoms with van der Waals surface area (Å²) in [5.74, 6) is -0.503. The second-order valence-corrected chi connectivity index (χ2v) is 7.87. The maximum atomic E-state index is 13.2. The van der Waals surface area contributed by atoms with Crippen LogP contribution in [-0.2, 0) is 4.79 Å². The molecule has 0 saturated heterocycles. The van der Waals surface area contributed by atoms with Crippen molar-refractivity contribution in [3.05, 3.63) is 75.2 Å². The number of H-pyrrole nitrogens is 1. The second kappa shape index (κ2) is 8.18. The van der Waals surface area contributed by atoms with Gasteiger partial charge in [0, 0.05) is 15.7 Å². The minimum absolute atomic E-state index is 0.0758. The number of thioether (sulfide) groups is 1. The minimum Gasteiger partial charge on any atom is -0.325 e. The number of benzene rings is 2. The fourth-order valence-electron chi connectivity index (χ4n) is 2.64. The molecule has 4 rings (SSSR count). The van der Waals surface area contributed by atoms with Gasteiger partial charge in [-0.2, -0.15) is 5.10 Å². The lowest BCUT2D eigenvalue weighted by atomic mass is 10.1. The van der Waals surface area contributed by atoms with Crippen LogP contribution in [0.5, 0.6) is 0 Å². The summed E-state index contributed by atoms with van der Waals surface area (Å²) >= 11 is 4.49. The number of rotatable bonds is 5. The molecule has 0 atom stereocenters. The Morgan fingerprint density at radius 3 is 2.76 bits per heavy atom. The normalized spacial score (nSPS) is 11.0. The number of anilines is 1. The lowest BCUT2D eigenvalue weighted by molar-refractivity contribution is -0.113. The van der Waals surface area contributed by atoms with Gasteiger partial charge in [-0.3, -0.25) is 9.59 Å². The van der Waals surface area contributed by atoms with Crippen LogP contribution in [0.3, 0.4) is 0 Å². The van der Waals surface area contributed by atoms with Crippen LogP contribution in [0.25, 0.3) is 16.8 Å². The van der Waals surface area contributed by atoms with Crippen LogP contribution in [0.15, 0.2) is 69.0 Å². The molecule has 0 aliphatic rings. The number of aromatic nitrogens is 4. The molecular weight excluding hydrogens is 461 g/mol. The number of fused-ring (bicyclic) bond motifs is 1. The third-order valence-electron chi connectivity index (χ3n) is 3.96. The summed E-state index contributed by atoms with van der Waals surface area (Å²) in [6.45, 7) is 0. The zero-order valence-corrected chi connectivity index (χ0v) is 17.1. The van der Waals surface area contributed by atoms with E-state index in [1.807, 2.05) is 12.1 Å². The molecule has 2 aromatic carbocycles. The number of amides is 1. The van der Waals surface area contributed by atoms with Crippen LogP contribution in [0.2, 0.25) is 0 Å². The molecular formula is C19H13BrFN5O2S. The van der Waals surface area contributed by atoms with Gasteiger partial charge < -0.3 is 5.32 Å². The van der Waals surface area contributed by atoms with Gasteiger partial charge >= 0.3 is 0 Å². The molecule has 0 fully saturated rings. The van der Waals surface area contributed by atoms with Crippen molar-refractivity contribution in [2.75, 3.05) is 11.1 Å². The first-order valence-electron chi connectivity index (χ1n) is 8.42. The largest absolute Gasteiger partial charge is 0.325 e. The molecule has 0 unspecified atom stereocenters. The summed E-state index contributed by atoms with van der Waals surface area (Å²) in [4.78, 5) is 24.4. The van der Waals surface area contributed by atoms with Crippen molar-refractivity contribution >= 4 is 44.8 Å². The molecule has 10 heteroatoms. The smallest absolute Gasteiger partial charge is 0.290 e. The first kappa shape index (κ1) is 19.3. The molecule has 4 aromatic rings. The van der Waals surface area contributed by atoms with Gasteiger partial charge in [-0.25, -0.2) is 14.0 Å². The van der Waals surface area contributed by atoms with E-state index in [-0.39, 0.29) is 23.0 Å². The lowest BCUT2D eigenvalue weighted by Gasteiger charge is -2.06. The van der Waals surface area contributed by atoms with E-state index in [2.05, 4.69) is 36.5 Å². The third kappa shape index (κ3) is 4.38. The Balaban J connectivity index is 1.56. The van der Waals surface area contributed by atoms with E-state index in [1.165, 1.54) is 16.6 Å². The van der Waals surface area contributed by atoms with Crippen molar-refractivity contribution in [1.29, 1.82) is 0 Å². The minimum atomic E-state index is -0.409. The zero-order chi connectivity index (χ0) is 20.4. The van der Waals surface area contributed by atoms with Crippen molar-refractivity contribution in [3.63, 3.8) is 0 Å². The topological polar surface area (TPSA) is 92.2 Å². The highest BCUT2D eigenvalue weighted by atomic mass is 79.9. The van der Waals surface area contributed by atoms with Crippen LogP contribution in [0.4, 0.5) is 10.1 Å². The van der Waals surface area contributed by atoms with Gasteiger partial charge in [0.2, 0.25) is 11.1 Å². The van der Waals surface area contributed by atoms with Crippen LogP contribution in [0.1, 0.15) is 0 Å². The summed E-state index contributed by atoms with van der Waals surface area (Å²) in [5, 5.41) is 14.0. The first-order chi connectivity index (χ1) is 14.0. The number of hydrogen-bond acceptors (Lipinski definition) is 5. The van der Waals surface area contributed by atoms with Crippen molar-refractivity contribution in [2.45, 2.75) is 5.16 Å². The highest BCUT2D eigenvalue weighted by Crippen LogP contribution is 2.22. The summed E-state index contributed by atoms with van der Waals surface area (Å²) in [6, 6.07) is 14.7. The predicted molar refractivity (Wildman–Crippen MR) is 112 cm³/mol. The van der Waals surface area contributed by atoms with Gasteiger partial charge in [-0.1, -0.05) is 33.8 Å². The summed E-state index contributed by atoms with van der Waals surface area (Å²) < 4.78 is 15.4. The molecule has 0 bridgehead atoms. The molecule has 2 N–H and O–H groups in total. The van der Waals surface area contributed by atoms with Crippen LogP contribution < -0.4 is 10.9 Å². The molecule has 7 nitrogen and oxygen atoms in total. The average molecular weight is 474 g/mol. The monoisotopic (exact) mass is 473 g/mol. The van der Waals surface area contributed by atoms with E-state index < -0.39 is 5.56 Å². The fourth-order valence-corrected chi connectivity index (χ4v) is 3.74. The Hall–Kier alpha value is -2.98. The van der Waals surface area contributed by atoms with Gasteiger partial charge in [0.05, 0.1) is 11.4 Å². The quantitative estimate of drug-likeness (QED) is 0.431. The van der Waals surface area contributed by atoms with Gasteiger partial charge in [-0.05, 0) is 48.5 Å². The predicted octanol–water partition coefficient (Wildman–Crippen LogP) is 3.72. The molecule has 2 heterocycles. The zero-order valence-electron chi connectivity index (χ0n) is 14.7. The summed E-state index contributed by atoms with van der Waals surface area (Å²) in [5.41, 5.74) is 1.71. The summed E-state index contributed by atoms with van der Waals surface area (Å²) in [6.07, 6.45) is 0. The number of carbonyl (C=O) groups excluding carboxylic acids is 1. The second-order valence-electron chi connectivity index (χ2n) is 6.02. The molecule has 0 aliphatic heterocycles. The number of nitrogens with one attached hydrogen (secondary N) is 2. The third-order valence-corrected chi connectivity index (χ3v) is 5.38. The van der Waals surface area contributed by atoms with E-state index in [9.17, 15) is 14.0 Å². The molecule has 146 valence electrons.